The highest BCUT2D eigenvalue weighted by Gasteiger charge is 2.11. The molecule has 3 aromatic rings. The monoisotopic (exact) mass is 295 g/mol. The molecule has 0 aliphatic heterocycles. The van der Waals surface area contributed by atoms with Crippen LogP contribution in [0, 0.1) is 13.8 Å². The van der Waals surface area contributed by atoms with Crippen molar-refractivity contribution in [3.63, 3.8) is 0 Å². The van der Waals surface area contributed by atoms with E-state index in [2.05, 4.69) is 58.1 Å². The van der Waals surface area contributed by atoms with Crippen LogP contribution in [0.1, 0.15) is 17.0 Å². The molecule has 106 valence electrons. The van der Waals surface area contributed by atoms with Crippen LogP contribution in [0.5, 0.6) is 0 Å². The van der Waals surface area contributed by atoms with Gasteiger partial charge in [0.1, 0.15) is 5.82 Å². The summed E-state index contributed by atoms with van der Waals surface area (Å²) in [7, 11) is 0. The van der Waals surface area contributed by atoms with Crippen molar-refractivity contribution < 1.29 is 0 Å². The summed E-state index contributed by atoms with van der Waals surface area (Å²) in [5, 5.41) is 9.44. The maximum Gasteiger partial charge on any atom is 0.196 e. The second-order valence-corrected chi connectivity index (χ2v) is 5.92. The summed E-state index contributed by atoms with van der Waals surface area (Å²) in [6, 6.07) is 18.8. The predicted molar refractivity (Wildman–Crippen MR) is 86.8 cm³/mol. The molecule has 0 saturated carbocycles. The van der Waals surface area contributed by atoms with Crippen molar-refractivity contribution in [1.82, 2.24) is 14.8 Å². The Morgan fingerprint density at radius 2 is 1.62 bits per heavy atom. The van der Waals surface area contributed by atoms with Crippen LogP contribution in [0.15, 0.2) is 59.8 Å². The number of benzene rings is 2. The van der Waals surface area contributed by atoms with Crippen molar-refractivity contribution in [2.24, 2.45) is 0 Å². The highest BCUT2D eigenvalue weighted by molar-refractivity contribution is 7.98. The first kappa shape index (κ1) is 13.9. The first-order chi connectivity index (χ1) is 10.2. The van der Waals surface area contributed by atoms with Gasteiger partial charge < -0.3 is 0 Å². The minimum absolute atomic E-state index is 0.894. The van der Waals surface area contributed by atoms with E-state index in [1.54, 1.807) is 11.8 Å². The summed E-state index contributed by atoms with van der Waals surface area (Å²) in [5.41, 5.74) is 3.68. The van der Waals surface area contributed by atoms with Gasteiger partial charge in [0.05, 0.1) is 0 Å². The Labute approximate surface area is 129 Å². The second kappa shape index (κ2) is 6.14. The summed E-state index contributed by atoms with van der Waals surface area (Å²) in [6.45, 7) is 4.09. The zero-order valence-corrected chi connectivity index (χ0v) is 13.0. The molecule has 0 bridgehead atoms. The minimum Gasteiger partial charge on any atom is -0.274 e. The lowest BCUT2D eigenvalue weighted by Crippen LogP contribution is -1.98. The van der Waals surface area contributed by atoms with E-state index in [-0.39, 0.29) is 0 Å². The Hall–Kier alpha value is -2.07. The van der Waals surface area contributed by atoms with Gasteiger partial charge in [-0.25, -0.2) is 0 Å². The molecule has 0 saturated heterocycles. The topological polar surface area (TPSA) is 30.7 Å². The highest BCUT2D eigenvalue weighted by Crippen LogP contribution is 2.25. The zero-order valence-electron chi connectivity index (χ0n) is 12.2. The summed E-state index contributed by atoms with van der Waals surface area (Å²) < 4.78 is 2.10. The summed E-state index contributed by atoms with van der Waals surface area (Å²) in [4.78, 5) is 0. The van der Waals surface area contributed by atoms with Crippen molar-refractivity contribution in [2.45, 2.75) is 24.8 Å². The van der Waals surface area contributed by atoms with Gasteiger partial charge in [-0.3, -0.25) is 4.57 Å². The molecule has 3 nitrogen and oxygen atoms in total. The molecule has 0 aliphatic carbocycles. The minimum atomic E-state index is 0.894. The largest absolute Gasteiger partial charge is 0.274 e. The summed E-state index contributed by atoms with van der Waals surface area (Å²) in [5.74, 6) is 1.80. The molecule has 1 aromatic heterocycles. The fourth-order valence-electron chi connectivity index (χ4n) is 2.14. The Kier molecular flexibility index (Phi) is 4.06. The molecular weight excluding hydrogens is 278 g/mol. The number of thioether (sulfide) groups is 1. The quantitative estimate of drug-likeness (QED) is 0.677. The molecule has 0 spiro atoms. The first-order valence-corrected chi connectivity index (χ1v) is 7.88. The van der Waals surface area contributed by atoms with Crippen LogP contribution in [0.3, 0.4) is 0 Å². The van der Waals surface area contributed by atoms with E-state index in [1.807, 2.05) is 25.1 Å². The van der Waals surface area contributed by atoms with E-state index in [1.165, 1.54) is 11.1 Å². The Morgan fingerprint density at radius 3 is 2.33 bits per heavy atom. The van der Waals surface area contributed by atoms with Gasteiger partial charge in [-0.05, 0) is 31.5 Å². The normalized spacial score (nSPS) is 10.8. The van der Waals surface area contributed by atoms with Gasteiger partial charge in [0.25, 0.3) is 0 Å². The lowest BCUT2D eigenvalue weighted by atomic mass is 10.2. The lowest BCUT2D eigenvalue weighted by Gasteiger charge is -2.08. The third kappa shape index (κ3) is 3.16. The molecule has 2 aromatic carbocycles. The van der Waals surface area contributed by atoms with Crippen molar-refractivity contribution in [3.05, 3.63) is 71.5 Å². The molecular formula is C17H17N3S. The van der Waals surface area contributed by atoms with Crippen LogP contribution in [0.2, 0.25) is 0 Å². The van der Waals surface area contributed by atoms with Crippen molar-refractivity contribution in [1.29, 1.82) is 0 Å². The van der Waals surface area contributed by atoms with E-state index >= 15 is 0 Å². The number of para-hydroxylation sites is 1. The van der Waals surface area contributed by atoms with Crippen LogP contribution in [-0.4, -0.2) is 14.8 Å². The number of aryl methyl sites for hydroxylation is 2. The van der Waals surface area contributed by atoms with E-state index in [4.69, 9.17) is 0 Å². The van der Waals surface area contributed by atoms with Gasteiger partial charge >= 0.3 is 0 Å². The van der Waals surface area contributed by atoms with Gasteiger partial charge in [0, 0.05) is 11.4 Å². The third-order valence-electron chi connectivity index (χ3n) is 3.30. The number of aromatic nitrogens is 3. The molecule has 0 amide bonds. The number of hydrogen-bond acceptors (Lipinski definition) is 3. The van der Waals surface area contributed by atoms with Crippen LogP contribution in [0.25, 0.3) is 5.69 Å². The molecule has 3 rings (SSSR count). The molecule has 0 radical (unpaired) electrons. The fourth-order valence-corrected chi connectivity index (χ4v) is 3.10. The summed E-state index contributed by atoms with van der Waals surface area (Å²) in [6.07, 6.45) is 0. The summed E-state index contributed by atoms with van der Waals surface area (Å²) >= 11 is 1.71. The smallest absolute Gasteiger partial charge is 0.196 e. The number of nitrogens with zero attached hydrogens (tertiary/aromatic N) is 3. The van der Waals surface area contributed by atoms with Crippen molar-refractivity contribution >= 4 is 11.8 Å². The molecule has 4 heteroatoms. The van der Waals surface area contributed by atoms with Crippen LogP contribution in [0.4, 0.5) is 0 Å². The molecule has 0 N–H and O–H groups in total. The number of rotatable bonds is 4. The molecule has 0 atom stereocenters. The average molecular weight is 295 g/mol. The molecule has 1 heterocycles. The Bertz CT molecular complexity index is 718. The van der Waals surface area contributed by atoms with Crippen LogP contribution >= 0.6 is 11.8 Å². The van der Waals surface area contributed by atoms with Gasteiger partial charge in [0.15, 0.2) is 5.16 Å². The zero-order chi connectivity index (χ0) is 14.7. The number of hydrogen-bond donors (Lipinski definition) is 0. The predicted octanol–water partition coefficient (Wildman–Crippen LogP) is 4.18. The molecule has 0 unspecified atom stereocenters. The maximum absolute atomic E-state index is 4.30. The Balaban J connectivity index is 1.82. The average Bonchev–Trinajstić information content (AvgIpc) is 2.88. The Morgan fingerprint density at radius 1 is 0.905 bits per heavy atom. The fraction of sp³-hybridized carbons (Fsp3) is 0.176. The van der Waals surface area contributed by atoms with Gasteiger partial charge in [0.2, 0.25) is 0 Å². The second-order valence-electron chi connectivity index (χ2n) is 4.98. The van der Waals surface area contributed by atoms with Gasteiger partial charge in [-0.1, -0.05) is 59.8 Å². The lowest BCUT2D eigenvalue weighted by molar-refractivity contribution is 0.868. The molecule has 21 heavy (non-hydrogen) atoms. The van der Waals surface area contributed by atoms with Gasteiger partial charge in [-0.2, -0.15) is 0 Å². The van der Waals surface area contributed by atoms with E-state index in [0.717, 1.165) is 22.4 Å². The van der Waals surface area contributed by atoms with Crippen molar-refractivity contribution in [3.8, 4) is 5.69 Å². The molecule has 0 aliphatic rings. The van der Waals surface area contributed by atoms with E-state index < -0.39 is 0 Å². The maximum atomic E-state index is 4.30. The third-order valence-corrected chi connectivity index (χ3v) is 4.30. The van der Waals surface area contributed by atoms with Gasteiger partial charge in [-0.15, -0.1) is 10.2 Å². The highest BCUT2D eigenvalue weighted by atomic mass is 32.2. The molecule has 0 fully saturated rings. The first-order valence-electron chi connectivity index (χ1n) is 6.90. The SMILES string of the molecule is Cc1ccc(CSc2nnc(C)n2-c2ccccc2)cc1. The van der Waals surface area contributed by atoms with Crippen LogP contribution in [-0.2, 0) is 5.75 Å². The van der Waals surface area contributed by atoms with E-state index in [0.29, 0.717) is 0 Å². The standard InChI is InChI=1S/C17H17N3S/c1-13-8-10-15(11-9-13)12-21-17-19-18-14(2)20(17)16-6-4-3-5-7-16/h3-11H,12H2,1-2H3. The van der Waals surface area contributed by atoms with Crippen LogP contribution < -0.4 is 0 Å². The van der Waals surface area contributed by atoms with E-state index in [9.17, 15) is 0 Å². The van der Waals surface area contributed by atoms with Crippen molar-refractivity contribution in [2.75, 3.05) is 0 Å².